The highest BCUT2D eigenvalue weighted by Crippen LogP contribution is 2.53. The summed E-state index contributed by atoms with van der Waals surface area (Å²) in [6.07, 6.45) is 4.43. The van der Waals surface area contributed by atoms with Crippen molar-refractivity contribution >= 4 is 17.5 Å². The molecule has 0 spiro atoms. The second-order valence-corrected chi connectivity index (χ2v) is 10.6. The number of carbonyl (C=O) groups is 2. The van der Waals surface area contributed by atoms with E-state index in [0.29, 0.717) is 31.0 Å². The van der Waals surface area contributed by atoms with Crippen LogP contribution >= 0.6 is 0 Å². The third-order valence-corrected chi connectivity index (χ3v) is 8.20. The van der Waals surface area contributed by atoms with Crippen LogP contribution in [0.3, 0.4) is 0 Å². The van der Waals surface area contributed by atoms with E-state index >= 15 is 0 Å². The lowest BCUT2D eigenvalue weighted by Crippen LogP contribution is -2.48. The van der Waals surface area contributed by atoms with Crippen molar-refractivity contribution in [2.24, 2.45) is 17.8 Å². The summed E-state index contributed by atoms with van der Waals surface area (Å²) in [5, 5.41) is 5.29. The zero-order valence-electron chi connectivity index (χ0n) is 22.1. The van der Waals surface area contributed by atoms with E-state index in [0.717, 1.165) is 49.0 Å². The van der Waals surface area contributed by atoms with Gasteiger partial charge in [-0.15, -0.1) is 0 Å². The molecule has 2 amide bonds. The van der Waals surface area contributed by atoms with Gasteiger partial charge in [0.05, 0.1) is 24.2 Å². The number of hydrogen-bond acceptors (Lipinski definition) is 3. The second kappa shape index (κ2) is 11.3. The third-order valence-electron chi connectivity index (χ3n) is 8.20. The highest BCUT2D eigenvalue weighted by atomic mass is 19.4. The first kappa shape index (κ1) is 28.8. The molecule has 3 aliphatic carbocycles. The fourth-order valence-corrected chi connectivity index (χ4v) is 6.35. The highest BCUT2D eigenvalue weighted by molar-refractivity contribution is 5.99. The van der Waals surface area contributed by atoms with E-state index < -0.39 is 53.0 Å². The molecule has 5 rings (SSSR count). The summed E-state index contributed by atoms with van der Waals surface area (Å²) in [7, 11) is 1.20. The van der Waals surface area contributed by atoms with Crippen LogP contribution in [-0.2, 0) is 11.0 Å². The summed E-state index contributed by atoms with van der Waals surface area (Å²) in [6, 6.07) is 2.89. The van der Waals surface area contributed by atoms with Gasteiger partial charge < -0.3 is 15.4 Å². The molecule has 3 aliphatic rings. The van der Waals surface area contributed by atoms with E-state index in [9.17, 15) is 35.9 Å². The molecule has 2 N–H and O–H groups in total. The maximum absolute atomic E-state index is 14.0. The minimum atomic E-state index is -4.96. The molecule has 5 nitrogen and oxygen atoms in total. The van der Waals surface area contributed by atoms with Crippen LogP contribution in [0.5, 0.6) is 5.75 Å². The number of allylic oxidation sites excluding steroid dienone is 3. The van der Waals surface area contributed by atoms with Gasteiger partial charge in [-0.2, -0.15) is 13.2 Å². The zero-order chi connectivity index (χ0) is 29.5. The lowest BCUT2D eigenvalue weighted by molar-refractivity contribution is -0.140. The number of nitrogens with one attached hydrogen (secondary N) is 2. The predicted molar refractivity (Wildman–Crippen MR) is 139 cm³/mol. The fraction of sp³-hybridized carbons (Fsp3) is 0.400. The lowest BCUT2D eigenvalue weighted by Gasteiger charge is -2.30. The molecule has 218 valence electrons. The summed E-state index contributed by atoms with van der Waals surface area (Å²) in [5.74, 6) is -6.95. The van der Waals surface area contributed by atoms with Crippen molar-refractivity contribution in [3.8, 4) is 5.75 Å². The maximum atomic E-state index is 14.0. The summed E-state index contributed by atoms with van der Waals surface area (Å²) in [6.45, 7) is 0. The van der Waals surface area contributed by atoms with Gasteiger partial charge in [-0.25, -0.2) is 13.2 Å². The molecule has 0 saturated heterocycles. The molecule has 2 aromatic carbocycles. The second-order valence-electron chi connectivity index (χ2n) is 10.6. The van der Waals surface area contributed by atoms with Gasteiger partial charge in [-0.1, -0.05) is 23.3 Å². The van der Waals surface area contributed by atoms with Crippen LogP contribution in [0, 0.1) is 35.2 Å². The van der Waals surface area contributed by atoms with Gasteiger partial charge in [0.2, 0.25) is 5.91 Å². The molecular weight excluding hydrogens is 550 g/mol. The van der Waals surface area contributed by atoms with E-state index in [-0.39, 0.29) is 28.8 Å². The molecule has 0 radical (unpaired) electrons. The van der Waals surface area contributed by atoms with Crippen LogP contribution in [0.4, 0.5) is 32.0 Å². The Kier molecular flexibility index (Phi) is 7.89. The maximum Gasteiger partial charge on any atom is 0.419 e. The normalized spacial score (nSPS) is 24.8. The van der Waals surface area contributed by atoms with Crippen LogP contribution in [-0.4, -0.2) is 25.0 Å². The Morgan fingerprint density at radius 1 is 0.976 bits per heavy atom. The van der Waals surface area contributed by atoms with Crippen molar-refractivity contribution < 1.29 is 40.7 Å². The first-order chi connectivity index (χ1) is 19.5. The smallest absolute Gasteiger partial charge is 0.419 e. The quantitative estimate of drug-likeness (QED) is 0.365. The molecule has 2 bridgehead atoms. The molecular formula is C30H28F6N2O3. The number of hydrogen-bond donors (Lipinski definition) is 2. The zero-order valence-corrected chi connectivity index (χ0v) is 22.1. The van der Waals surface area contributed by atoms with Crippen molar-refractivity contribution in [2.45, 2.75) is 50.7 Å². The van der Waals surface area contributed by atoms with E-state index in [1.807, 2.05) is 0 Å². The highest BCUT2D eigenvalue weighted by Gasteiger charge is 2.54. The molecule has 11 heteroatoms. The van der Waals surface area contributed by atoms with E-state index in [1.54, 1.807) is 0 Å². The Labute approximate surface area is 232 Å². The molecule has 2 fully saturated rings. The van der Waals surface area contributed by atoms with Crippen molar-refractivity contribution in [1.82, 2.24) is 5.32 Å². The van der Waals surface area contributed by atoms with Gasteiger partial charge in [0.15, 0.2) is 11.6 Å². The number of methoxy groups -OCH3 is 1. The number of benzene rings is 2. The van der Waals surface area contributed by atoms with Crippen molar-refractivity contribution in [3.63, 3.8) is 0 Å². The van der Waals surface area contributed by atoms with Gasteiger partial charge in [0, 0.05) is 23.7 Å². The van der Waals surface area contributed by atoms with Crippen LogP contribution in [0.15, 0.2) is 53.6 Å². The van der Waals surface area contributed by atoms with E-state index in [2.05, 4.69) is 22.8 Å². The number of alkyl halides is 3. The fourth-order valence-electron chi connectivity index (χ4n) is 6.35. The van der Waals surface area contributed by atoms with Crippen LogP contribution in [0.2, 0.25) is 0 Å². The molecule has 41 heavy (non-hydrogen) atoms. The van der Waals surface area contributed by atoms with Crippen molar-refractivity contribution in [2.75, 3.05) is 12.4 Å². The Morgan fingerprint density at radius 3 is 2.39 bits per heavy atom. The first-order valence-electron chi connectivity index (χ1n) is 13.4. The van der Waals surface area contributed by atoms with Gasteiger partial charge in [-0.3, -0.25) is 9.59 Å². The topological polar surface area (TPSA) is 67.4 Å². The number of amides is 2. The number of rotatable bonds is 6. The predicted octanol–water partition coefficient (Wildman–Crippen LogP) is 6.95. The first-order valence-corrected chi connectivity index (χ1v) is 13.4. The molecule has 2 saturated carbocycles. The van der Waals surface area contributed by atoms with Crippen LogP contribution in [0.25, 0.3) is 0 Å². The molecule has 0 heterocycles. The summed E-state index contributed by atoms with van der Waals surface area (Å²) in [5.41, 5.74) is 0.0887. The molecule has 2 unspecified atom stereocenters. The lowest BCUT2D eigenvalue weighted by atomic mass is 9.83. The van der Waals surface area contributed by atoms with Crippen LogP contribution in [0.1, 0.15) is 54.4 Å². The molecule has 2 aromatic rings. The molecule has 0 aliphatic heterocycles. The minimum Gasteiger partial charge on any atom is -0.496 e. The number of ether oxygens (including phenoxy) is 1. The number of halogens is 6. The minimum absolute atomic E-state index is 0.195. The van der Waals surface area contributed by atoms with Gasteiger partial charge in [-0.05, 0) is 68.7 Å². The Bertz CT molecular complexity index is 1430. The summed E-state index contributed by atoms with van der Waals surface area (Å²) >= 11 is 0. The largest absolute Gasteiger partial charge is 0.496 e. The number of anilines is 1. The molecule has 4 atom stereocenters. The van der Waals surface area contributed by atoms with Gasteiger partial charge in [0.1, 0.15) is 11.6 Å². The van der Waals surface area contributed by atoms with Crippen LogP contribution < -0.4 is 15.4 Å². The van der Waals surface area contributed by atoms with Gasteiger partial charge in [0.25, 0.3) is 5.91 Å². The average Bonchev–Trinajstić information content (AvgIpc) is 3.45. The van der Waals surface area contributed by atoms with Crippen molar-refractivity contribution in [1.29, 1.82) is 0 Å². The number of carbonyl (C=O) groups excluding carboxylic acids is 2. The standard InChI is InChI=1S/C30H28F6N2O3/c1-41-25-14-24(33)23(32)13-20(25)28(39)38-27-18-9-8-17(19(18)11-15-5-3-2-4-6-15)26(27)29(40)37-16-7-10-22(31)21(12-16)30(34,35)36/h5,7,10-14,17-18,26-27H,2-4,6,8-9H2,1H3,(H,37,40)(H,38,39)/t17?,18?,26-,27+/m0/s1. The summed E-state index contributed by atoms with van der Waals surface area (Å²) in [4.78, 5) is 27.0. The van der Waals surface area contributed by atoms with E-state index in [1.165, 1.54) is 7.11 Å². The third kappa shape index (κ3) is 5.71. The average molecular weight is 579 g/mol. The summed E-state index contributed by atoms with van der Waals surface area (Å²) < 4.78 is 86.5. The Balaban J connectivity index is 1.48. The number of fused-ring (bicyclic) bond motifs is 2. The molecule has 0 aromatic heterocycles. The van der Waals surface area contributed by atoms with Gasteiger partial charge >= 0.3 is 6.18 Å². The van der Waals surface area contributed by atoms with E-state index in [4.69, 9.17) is 4.74 Å². The Hall–Kier alpha value is -3.76. The SMILES string of the molecule is COc1cc(F)c(F)cc1C(=O)N[C@@H]1C2CCC(C2=CC2=CCCCC2)[C@@H]1C(=O)Nc1ccc(F)c(C(F)(F)F)c1. The van der Waals surface area contributed by atoms with Crippen molar-refractivity contribution in [3.05, 3.63) is 82.2 Å². The Morgan fingerprint density at radius 2 is 1.71 bits per heavy atom. The monoisotopic (exact) mass is 578 g/mol.